The first-order chi connectivity index (χ1) is 9.06. The fraction of sp³-hybridized carbons (Fsp3) is 0.231. The van der Waals surface area contributed by atoms with E-state index in [0.29, 0.717) is 10.8 Å². The lowest BCUT2D eigenvalue weighted by atomic mass is 10.2. The molecule has 19 heavy (non-hydrogen) atoms. The summed E-state index contributed by atoms with van der Waals surface area (Å²) >= 11 is 13.2. The third-order valence-electron chi connectivity index (χ3n) is 2.66. The molecule has 0 fully saturated rings. The number of benzene rings is 1. The Morgan fingerprint density at radius 1 is 1.26 bits per heavy atom. The molecule has 0 radical (unpaired) electrons. The zero-order chi connectivity index (χ0) is 14.0. The molecule has 1 heterocycles. The molecule has 100 valence electrons. The highest BCUT2D eigenvalue weighted by atomic mass is 79.9. The maximum absolute atomic E-state index is 6.23. The highest BCUT2D eigenvalue weighted by molar-refractivity contribution is 9.11. The van der Waals surface area contributed by atoms with E-state index in [2.05, 4.69) is 54.1 Å². The van der Waals surface area contributed by atoms with E-state index in [1.54, 1.807) is 0 Å². The van der Waals surface area contributed by atoms with Gasteiger partial charge in [-0.25, -0.2) is 9.97 Å². The van der Waals surface area contributed by atoms with Gasteiger partial charge in [0.15, 0.2) is 5.82 Å². The van der Waals surface area contributed by atoms with Gasteiger partial charge in [-0.15, -0.1) is 0 Å². The number of halogens is 3. The highest BCUT2D eigenvalue weighted by Crippen LogP contribution is 2.32. The minimum atomic E-state index is 0.621. The van der Waals surface area contributed by atoms with Gasteiger partial charge in [-0.2, -0.15) is 0 Å². The maximum atomic E-state index is 6.23. The molecule has 0 aliphatic heterocycles. The van der Waals surface area contributed by atoms with Gasteiger partial charge in [0.1, 0.15) is 5.82 Å². The van der Waals surface area contributed by atoms with Gasteiger partial charge in [-0.3, -0.25) is 0 Å². The zero-order valence-electron chi connectivity index (χ0n) is 10.5. The lowest BCUT2D eigenvalue weighted by molar-refractivity contribution is 0.991. The minimum absolute atomic E-state index is 0.621. The van der Waals surface area contributed by atoms with Crippen molar-refractivity contribution >= 4 is 49.3 Å². The largest absolute Gasteiger partial charge is 0.372 e. The predicted molar refractivity (Wildman–Crippen MR) is 86.8 cm³/mol. The zero-order valence-corrected chi connectivity index (χ0v) is 14.4. The Hall–Kier alpha value is -0.650. The smallest absolute Gasteiger partial charge is 0.163 e. The third-order valence-corrected chi connectivity index (χ3v) is 4.32. The number of nitrogens with zero attached hydrogens (tertiary/aromatic N) is 2. The molecule has 0 bridgehead atoms. The van der Waals surface area contributed by atoms with Crippen molar-refractivity contribution in [2.75, 3.05) is 12.4 Å². The Labute approximate surface area is 134 Å². The van der Waals surface area contributed by atoms with Crippen LogP contribution in [0.25, 0.3) is 11.4 Å². The fourth-order valence-electron chi connectivity index (χ4n) is 1.68. The Kier molecular flexibility index (Phi) is 4.81. The molecule has 0 saturated carbocycles. The second-order valence-corrected chi connectivity index (χ2v) is 6.00. The number of anilines is 1. The van der Waals surface area contributed by atoms with Crippen molar-refractivity contribution in [3.63, 3.8) is 0 Å². The molecule has 0 atom stereocenters. The number of nitrogens with one attached hydrogen (secondary N) is 1. The topological polar surface area (TPSA) is 37.8 Å². The van der Waals surface area contributed by atoms with Gasteiger partial charge in [0.05, 0.1) is 15.2 Å². The molecule has 0 aliphatic carbocycles. The highest BCUT2D eigenvalue weighted by Gasteiger charge is 2.13. The van der Waals surface area contributed by atoms with Crippen molar-refractivity contribution < 1.29 is 0 Å². The molecule has 0 unspecified atom stereocenters. The predicted octanol–water partition coefficient (Wildman–Crippen LogP) is 4.93. The number of hydrogen-bond acceptors (Lipinski definition) is 3. The van der Waals surface area contributed by atoms with Crippen LogP contribution in [0.2, 0.25) is 5.02 Å². The van der Waals surface area contributed by atoms with Crippen LogP contribution in [0.5, 0.6) is 0 Å². The summed E-state index contributed by atoms with van der Waals surface area (Å²) in [4.78, 5) is 9.07. The molecule has 0 saturated heterocycles. The van der Waals surface area contributed by atoms with Gasteiger partial charge in [0.25, 0.3) is 0 Å². The van der Waals surface area contributed by atoms with E-state index in [9.17, 15) is 0 Å². The summed E-state index contributed by atoms with van der Waals surface area (Å²) in [6, 6.07) is 5.64. The average molecular weight is 406 g/mol. The SMILES string of the molecule is CCc1nc(-c2cc(Br)ccc2Cl)nc(NC)c1Br. The van der Waals surface area contributed by atoms with Crippen LogP contribution < -0.4 is 5.32 Å². The van der Waals surface area contributed by atoms with Crippen LogP contribution in [-0.4, -0.2) is 17.0 Å². The van der Waals surface area contributed by atoms with Crippen molar-refractivity contribution in [3.05, 3.63) is 37.9 Å². The van der Waals surface area contributed by atoms with Crippen LogP contribution in [0.15, 0.2) is 27.1 Å². The van der Waals surface area contributed by atoms with E-state index in [4.69, 9.17) is 11.6 Å². The van der Waals surface area contributed by atoms with Gasteiger partial charge in [-0.1, -0.05) is 34.5 Å². The van der Waals surface area contributed by atoms with E-state index in [0.717, 1.165) is 32.4 Å². The molecule has 6 heteroatoms. The Bertz CT molecular complexity index is 592. The lowest BCUT2D eigenvalue weighted by Gasteiger charge is -2.11. The molecule has 1 aromatic heterocycles. The molecule has 2 rings (SSSR count). The van der Waals surface area contributed by atoms with Crippen LogP contribution in [0, 0.1) is 0 Å². The molecule has 2 aromatic rings. The van der Waals surface area contributed by atoms with Gasteiger partial charge in [-0.05, 0) is 40.5 Å². The van der Waals surface area contributed by atoms with Gasteiger partial charge in [0.2, 0.25) is 0 Å². The van der Waals surface area contributed by atoms with Crippen LogP contribution in [0.1, 0.15) is 12.6 Å². The quantitative estimate of drug-likeness (QED) is 0.787. The summed E-state index contributed by atoms with van der Waals surface area (Å²) in [7, 11) is 1.83. The molecule has 3 nitrogen and oxygen atoms in total. The first kappa shape index (κ1) is 14.8. The van der Waals surface area contributed by atoms with Gasteiger partial charge in [0, 0.05) is 17.1 Å². The van der Waals surface area contributed by atoms with Crippen molar-refractivity contribution in [3.8, 4) is 11.4 Å². The molecule has 1 aromatic carbocycles. The van der Waals surface area contributed by atoms with E-state index >= 15 is 0 Å². The minimum Gasteiger partial charge on any atom is -0.372 e. The van der Waals surface area contributed by atoms with Crippen LogP contribution in [-0.2, 0) is 6.42 Å². The molecule has 0 spiro atoms. The van der Waals surface area contributed by atoms with E-state index < -0.39 is 0 Å². The molecular weight excluding hydrogens is 393 g/mol. The lowest BCUT2D eigenvalue weighted by Crippen LogP contribution is -2.03. The third kappa shape index (κ3) is 3.09. The molecule has 0 aliphatic rings. The van der Waals surface area contributed by atoms with Crippen molar-refractivity contribution in [1.82, 2.24) is 9.97 Å². The first-order valence-corrected chi connectivity index (χ1v) is 7.72. The summed E-state index contributed by atoms with van der Waals surface area (Å²) in [6.07, 6.45) is 0.816. The number of hydrogen-bond donors (Lipinski definition) is 1. The summed E-state index contributed by atoms with van der Waals surface area (Å²) < 4.78 is 1.84. The van der Waals surface area contributed by atoms with Crippen LogP contribution in [0.3, 0.4) is 0 Å². The van der Waals surface area contributed by atoms with Gasteiger partial charge >= 0.3 is 0 Å². The van der Waals surface area contributed by atoms with E-state index in [-0.39, 0.29) is 0 Å². The summed E-state index contributed by atoms with van der Waals surface area (Å²) in [5.74, 6) is 1.38. The second-order valence-electron chi connectivity index (χ2n) is 3.88. The maximum Gasteiger partial charge on any atom is 0.163 e. The van der Waals surface area contributed by atoms with E-state index in [1.165, 1.54) is 0 Å². The van der Waals surface area contributed by atoms with Crippen molar-refractivity contribution in [2.45, 2.75) is 13.3 Å². The Morgan fingerprint density at radius 3 is 2.63 bits per heavy atom. The Morgan fingerprint density at radius 2 is 2.00 bits per heavy atom. The van der Waals surface area contributed by atoms with Crippen molar-refractivity contribution in [1.29, 1.82) is 0 Å². The molecular formula is C13H12Br2ClN3. The van der Waals surface area contributed by atoms with Crippen LogP contribution >= 0.6 is 43.5 Å². The normalized spacial score (nSPS) is 10.6. The van der Waals surface area contributed by atoms with Crippen molar-refractivity contribution in [2.24, 2.45) is 0 Å². The Balaban J connectivity index is 2.65. The van der Waals surface area contributed by atoms with Gasteiger partial charge < -0.3 is 5.32 Å². The average Bonchev–Trinajstić information content (AvgIpc) is 2.42. The van der Waals surface area contributed by atoms with E-state index in [1.807, 2.05) is 25.2 Å². The number of aromatic nitrogens is 2. The standard InChI is InChI=1S/C13H12Br2ClN3/c1-3-10-11(15)13(17-2)19-12(18-10)8-6-7(14)4-5-9(8)16/h4-6H,3H2,1-2H3,(H,17,18,19). The second kappa shape index (κ2) is 6.20. The number of aryl methyl sites for hydroxylation is 1. The number of rotatable bonds is 3. The molecule has 0 amide bonds. The summed E-state index contributed by atoms with van der Waals surface area (Å²) in [5.41, 5.74) is 1.76. The van der Waals surface area contributed by atoms with Crippen LogP contribution in [0.4, 0.5) is 5.82 Å². The monoisotopic (exact) mass is 403 g/mol. The summed E-state index contributed by atoms with van der Waals surface area (Å²) in [6.45, 7) is 2.05. The fourth-order valence-corrected chi connectivity index (χ4v) is 2.90. The molecule has 1 N–H and O–H groups in total. The first-order valence-electron chi connectivity index (χ1n) is 5.76. The summed E-state index contributed by atoms with van der Waals surface area (Å²) in [5, 5.41) is 3.70.